The molecule has 0 bridgehead atoms. The van der Waals surface area contributed by atoms with Crippen molar-refractivity contribution in [3.63, 3.8) is 0 Å². The van der Waals surface area contributed by atoms with Gasteiger partial charge < -0.3 is 20.3 Å². The summed E-state index contributed by atoms with van der Waals surface area (Å²) in [7, 11) is -1.37. The van der Waals surface area contributed by atoms with Gasteiger partial charge in [0.05, 0.1) is 17.1 Å². The van der Waals surface area contributed by atoms with Crippen LogP contribution in [0.1, 0.15) is 67.2 Å². The van der Waals surface area contributed by atoms with Gasteiger partial charge in [-0.2, -0.15) is 0 Å². The van der Waals surface area contributed by atoms with Crippen molar-refractivity contribution >= 4 is 24.6 Å². The predicted molar refractivity (Wildman–Crippen MR) is 171 cm³/mol. The van der Waals surface area contributed by atoms with Gasteiger partial charge in [-0.05, 0) is 94.2 Å². The number of nitrogens with one attached hydrogen (secondary N) is 3. The van der Waals surface area contributed by atoms with Gasteiger partial charge in [0.2, 0.25) is 5.91 Å². The zero-order valence-corrected chi connectivity index (χ0v) is 25.4. The second kappa shape index (κ2) is 17.5. The molecule has 5 N–H and O–H groups in total. The highest BCUT2D eigenvalue weighted by Crippen LogP contribution is 2.18. The number of anilines is 1. The average molecular weight is 602 g/mol. The number of hydrogen-bond donors (Lipinski definition) is 5. The molecule has 234 valence electrons. The van der Waals surface area contributed by atoms with Crippen molar-refractivity contribution in [2.24, 2.45) is 0 Å². The van der Waals surface area contributed by atoms with Crippen molar-refractivity contribution in [2.75, 3.05) is 25.1 Å². The number of rotatable bonds is 17. The summed E-state index contributed by atoms with van der Waals surface area (Å²) in [5, 5.41) is 22.1. The zero-order valence-electron chi connectivity index (χ0n) is 25.4. The van der Waals surface area contributed by atoms with Crippen LogP contribution in [0, 0.1) is 0 Å². The molecule has 4 rings (SSSR count). The number of hydrogen-bond acceptors (Lipinski definition) is 9. The fourth-order valence-corrected chi connectivity index (χ4v) is 5.48. The lowest BCUT2D eigenvalue weighted by Crippen LogP contribution is -2.48. The molecule has 12 heteroatoms. The van der Waals surface area contributed by atoms with E-state index in [0.29, 0.717) is 24.2 Å². The highest BCUT2D eigenvalue weighted by atomic mass is 16.4. The Morgan fingerprint density at radius 2 is 1.66 bits per heavy atom. The molecule has 1 aliphatic rings. The van der Waals surface area contributed by atoms with Gasteiger partial charge in [-0.3, -0.25) is 35.3 Å². The van der Waals surface area contributed by atoms with Gasteiger partial charge in [0.15, 0.2) is 0 Å². The van der Waals surface area contributed by atoms with E-state index >= 15 is 0 Å². The van der Waals surface area contributed by atoms with Gasteiger partial charge in [-0.25, -0.2) is 0 Å². The first-order valence-corrected chi connectivity index (χ1v) is 15.5. The number of likely N-dealkylation sites (tertiary alicyclic amines) is 1. The number of benzene rings is 1. The predicted octanol–water partition coefficient (Wildman–Crippen LogP) is 2.78. The van der Waals surface area contributed by atoms with Crippen molar-refractivity contribution in [2.45, 2.75) is 70.5 Å². The number of amides is 2. The first-order valence-electron chi connectivity index (χ1n) is 15.5. The SMILES string of the molecule is C[C@H](CN1CCC[C@H]1B(O)O)NC(=O)c1ccc(NNC(=O)CCCCCN(Cc2ccccn2)Cc2ccccn2)cc1. The molecule has 0 spiro atoms. The second-order valence-corrected chi connectivity index (χ2v) is 11.4. The number of aromatic nitrogens is 2. The Kier molecular flexibility index (Phi) is 13.1. The van der Waals surface area contributed by atoms with Crippen LogP contribution in [0.2, 0.25) is 0 Å². The first-order chi connectivity index (χ1) is 21.4. The minimum atomic E-state index is -1.37. The Morgan fingerprint density at radius 3 is 2.27 bits per heavy atom. The van der Waals surface area contributed by atoms with Gasteiger partial charge in [0.25, 0.3) is 5.91 Å². The van der Waals surface area contributed by atoms with Crippen molar-refractivity contribution in [1.29, 1.82) is 0 Å². The smallest absolute Gasteiger partial charge is 0.426 e. The van der Waals surface area contributed by atoms with Crippen LogP contribution in [0.4, 0.5) is 5.69 Å². The maximum atomic E-state index is 12.7. The van der Waals surface area contributed by atoms with Crippen LogP contribution in [-0.2, 0) is 17.9 Å². The molecule has 0 radical (unpaired) electrons. The van der Waals surface area contributed by atoms with E-state index in [0.717, 1.165) is 69.7 Å². The van der Waals surface area contributed by atoms with Gasteiger partial charge >= 0.3 is 7.12 Å². The molecule has 0 saturated carbocycles. The summed E-state index contributed by atoms with van der Waals surface area (Å²) < 4.78 is 0. The van der Waals surface area contributed by atoms with E-state index in [2.05, 4.69) is 31.0 Å². The first kappa shape index (κ1) is 33.1. The number of pyridine rings is 2. The van der Waals surface area contributed by atoms with Gasteiger partial charge in [-0.15, -0.1) is 0 Å². The number of carbonyl (C=O) groups is 2. The Bertz CT molecular complexity index is 1240. The standard InChI is InChI=1S/C32H44BN7O4/c1-25(22-40-21-9-12-30(40)33(43)44)36-32(42)26-14-16-27(17-15-26)37-38-31(41)13-3-2-8-20-39(23-28-10-4-6-18-34-28)24-29-11-5-7-19-35-29/h4-7,10-11,14-19,25,30,37,43-44H,2-3,8-9,12-13,20-24H2,1H3,(H,36,42)(H,38,41)/t25-,30+/m1/s1. The van der Waals surface area contributed by atoms with Crippen molar-refractivity contribution in [3.8, 4) is 0 Å². The fraction of sp³-hybridized carbons (Fsp3) is 0.438. The van der Waals surface area contributed by atoms with Gasteiger partial charge in [0, 0.05) is 56.0 Å². The molecular formula is C32H44BN7O4. The molecule has 1 aliphatic heterocycles. The maximum absolute atomic E-state index is 12.7. The molecule has 2 atom stereocenters. The second-order valence-electron chi connectivity index (χ2n) is 11.4. The Morgan fingerprint density at radius 1 is 0.977 bits per heavy atom. The van der Waals surface area contributed by atoms with Crippen LogP contribution in [0.25, 0.3) is 0 Å². The Balaban J connectivity index is 1.12. The van der Waals surface area contributed by atoms with E-state index in [4.69, 9.17) is 0 Å². The average Bonchev–Trinajstić information content (AvgIpc) is 3.49. The van der Waals surface area contributed by atoms with Crippen LogP contribution >= 0.6 is 0 Å². The summed E-state index contributed by atoms with van der Waals surface area (Å²) in [6, 6.07) is 18.6. The molecule has 0 aliphatic carbocycles. The highest BCUT2D eigenvalue weighted by Gasteiger charge is 2.34. The molecule has 3 aromatic rings. The van der Waals surface area contributed by atoms with E-state index < -0.39 is 7.12 Å². The quantitative estimate of drug-likeness (QED) is 0.0897. The number of hydrazine groups is 1. The topological polar surface area (TPSA) is 143 Å². The monoisotopic (exact) mass is 601 g/mol. The van der Waals surface area contributed by atoms with E-state index in [1.165, 1.54) is 0 Å². The van der Waals surface area contributed by atoms with E-state index in [1.54, 1.807) is 24.3 Å². The Labute approximate surface area is 260 Å². The number of nitrogens with zero attached hydrogens (tertiary/aromatic N) is 4. The molecule has 2 amide bonds. The summed E-state index contributed by atoms with van der Waals surface area (Å²) in [5.41, 5.74) is 8.89. The normalized spacial score (nSPS) is 15.6. The van der Waals surface area contributed by atoms with Crippen LogP contribution in [-0.4, -0.2) is 80.4 Å². The van der Waals surface area contributed by atoms with Crippen molar-refractivity contribution in [1.82, 2.24) is 30.5 Å². The van der Waals surface area contributed by atoms with Gasteiger partial charge in [-0.1, -0.05) is 18.6 Å². The van der Waals surface area contributed by atoms with Crippen LogP contribution in [0.15, 0.2) is 73.1 Å². The van der Waals surface area contributed by atoms with E-state index in [9.17, 15) is 19.6 Å². The van der Waals surface area contributed by atoms with Crippen molar-refractivity contribution < 1.29 is 19.6 Å². The zero-order chi connectivity index (χ0) is 31.1. The molecule has 0 unspecified atom stereocenters. The third kappa shape index (κ3) is 11.0. The van der Waals surface area contributed by atoms with E-state index in [1.807, 2.05) is 60.6 Å². The molecular weight excluding hydrogens is 557 g/mol. The summed E-state index contributed by atoms with van der Waals surface area (Å²) in [6.07, 6.45) is 8.35. The number of carbonyl (C=O) groups excluding carboxylic acids is 2. The van der Waals surface area contributed by atoms with Crippen LogP contribution < -0.4 is 16.2 Å². The molecule has 11 nitrogen and oxygen atoms in total. The summed E-state index contributed by atoms with van der Waals surface area (Å²) in [5.74, 6) is -0.578. The van der Waals surface area contributed by atoms with Crippen molar-refractivity contribution in [3.05, 3.63) is 90.0 Å². The minimum absolute atomic E-state index is 0.0901. The summed E-state index contributed by atoms with van der Waals surface area (Å²) in [4.78, 5) is 38.4. The third-order valence-electron chi connectivity index (χ3n) is 7.74. The molecule has 1 saturated heterocycles. The largest absolute Gasteiger partial charge is 0.469 e. The third-order valence-corrected chi connectivity index (χ3v) is 7.74. The lowest BCUT2D eigenvalue weighted by Gasteiger charge is -2.27. The molecule has 1 fully saturated rings. The molecule has 1 aromatic carbocycles. The van der Waals surface area contributed by atoms with Gasteiger partial charge in [0.1, 0.15) is 0 Å². The lowest BCUT2D eigenvalue weighted by atomic mass is 9.78. The minimum Gasteiger partial charge on any atom is -0.426 e. The van der Waals surface area contributed by atoms with Crippen LogP contribution in [0.3, 0.4) is 0 Å². The number of unbranched alkanes of at least 4 members (excludes halogenated alkanes) is 2. The van der Waals surface area contributed by atoms with E-state index in [-0.39, 0.29) is 23.8 Å². The fourth-order valence-electron chi connectivity index (χ4n) is 5.48. The molecule has 3 heterocycles. The lowest BCUT2D eigenvalue weighted by molar-refractivity contribution is -0.120. The highest BCUT2D eigenvalue weighted by molar-refractivity contribution is 6.43. The van der Waals surface area contributed by atoms with Crippen LogP contribution in [0.5, 0.6) is 0 Å². The summed E-state index contributed by atoms with van der Waals surface area (Å²) >= 11 is 0. The molecule has 44 heavy (non-hydrogen) atoms. The maximum Gasteiger partial charge on any atom is 0.469 e. The summed E-state index contributed by atoms with van der Waals surface area (Å²) in [6.45, 7) is 5.62. The molecule has 2 aromatic heterocycles. The Hall–Kier alpha value is -3.84.